The second kappa shape index (κ2) is 7.51. The number of nitrogens with zero attached hydrogens (tertiary/aromatic N) is 5. The zero-order chi connectivity index (χ0) is 20.5. The van der Waals surface area contributed by atoms with Crippen molar-refractivity contribution in [3.05, 3.63) is 36.3 Å². The number of carbonyl (C=O) groups is 1. The number of aromatic amines is 2. The molecule has 1 aromatic carbocycles. The lowest BCUT2D eigenvalue weighted by atomic mass is 10.1. The first-order chi connectivity index (χ1) is 14.0. The monoisotopic (exact) mass is 392 g/mol. The van der Waals surface area contributed by atoms with Crippen LogP contribution in [-0.4, -0.2) is 68.0 Å². The molecular weight excluding hydrogens is 368 g/mol. The highest BCUT2D eigenvalue weighted by Crippen LogP contribution is 2.29. The largest absolute Gasteiger partial charge is 0.382 e. The fraction of sp³-hybridized carbons (Fsp3) is 0.300. The number of hydrogen-bond acceptors (Lipinski definition) is 6. The van der Waals surface area contributed by atoms with Gasteiger partial charge in [0.25, 0.3) is 0 Å². The van der Waals surface area contributed by atoms with Gasteiger partial charge in [0.2, 0.25) is 5.91 Å². The molecule has 0 unspecified atom stereocenters. The van der Waals surface area contributed by atoms with Crippen molar-refractivity contribution in [2.24, 2.45) is 0 Å². The molecule has 0 fully saturated rings. The van der Waals surface area contributed by atoms with Gasteiger partial charge in [-0.25, -0.2) is 9.97 Å². The molecule has 1 amide bonds. The van der Waals surface area contributed by atoms with E-state index >= 15 is 0 Å². The van der Waals surface area contributed by atoms with Crippen molar-refractivity contribution >= 4 is 33.7 Å². The second-order valence-corrected chi connectivity index (χ2v) is 7.25. The van der Waals surface area contributed by atoms with Gasteiger partial charge in [0, 0.05) is 23.7 Å². The first-order valence-electron chi connectivity index (χ1n) is 9.46. The number of amides is 1. The van der Waals surface area contributed by atoms with Crippen LogP contribution in [0, 0.1) is 0 Å². The molecule has 0 saturated heterocycles. The second-order valence-electron chi connectivity index (χ2n) is 7.25. The van der Waals surface area contributed by atoms with E-state index in [0.717, 1.165) is 27.7 Å². The van der Waals surface area contributed by atoms with E-state index in [0.29, 0.717) is 36.8 Å². The van der Waals surface area contributed by atoms with Crippen LogP contribution in [0.15, 0.2) is 30.5 Å². The minimum atomic E-state index is 0.0538. The Bertz CT molecular complexity index is 1160. The SMILES string of the molecule is CCN(Cc1nc2c([nH]1)c(N)nc1cc(-c3ccn[nH]3)ccc12)C(=O)CN(C)C. The predicted molar refractivity (Wildman–Crippen MR) is 113 cm³/mol. The Labute approximate surface area is 167 Å². The van der Waals surface area contributed by atoms with E-state index in [4.69, 9.17) is 10.7 Å². The van der Waals surface area contributed by atoms with Gasteiger partial charge in [0.05, 0.1) is 24.3 Å². The number of imidazole rings is 1. The summed E-state index contributed by atoms with van der Waals surface area (Å²) in [5.41, 5.74) is 10.3. The van der Waals surface area contributed by atoms with Crippen molar-refractivity contribution in [2.75, 3.05) is 32.9 Å². The molecule has 0 aliphatic carbocycles. The summed E-state index contributed by atoms with van der Waals surface area (Å²) in [7, 11) is 3.76. The molecule has 4 N–H and O–H groups in total. The molecule has 4 rings (SSSR count). The number of fused-ring (bicyclic) bond motifs is 3. The third-order valence-corrected chi connectivity index (χ3v) is 4.84. The highest BCUT2D eigenvalue weighted by molar-refractivity contribution is 6.07. The van der Waals surface area contributed by atoms with Crippen molar-refractivity contribution in [1.29, 1.82) is 0 Å². The molecule has 9 heteroatoms. The molecule has 0 saturated carbocycles. The normalized spacial score (nSPS) is 11.6. The van der Waals surface area contributed by atoms with Gasteiger partial charge in [-0.2, -0.15) is 5.10 Å². The Morgan fingerprint density at radius 2 is 2.03 bits per heavy atom. The Kier molecular flexibility index (Phi) is 4.89. The highest BCUT2D eigenvalue weighted by Gasteiger charge is 2.17. The van der Waals surface area contributed by atoms with Gasteiger partial charge in [0.15, 0.2) is 0 Å². The van der Waals surface area contributed by atoms with Gasteiger partial charge >= 0.3 is 0 Å². The summed E-state index contributed by atoms with van der Waals surface area (Å²) in [5, 5.41) is 7.85. The Morgan fingerprint density at radius 1 is 1.21 bits per heavy atom. The number of rotatable bonds is 6. The minimum absolute atomic E-state index is 0.0538. The number of nitrogens with two attached hydrogens (primary N) is 1. The maximum absolute atomic E-state index is 12.4. The quantitative estimate of drug-likeness (QED) is 0.462. The van der Waals surface area contributed by atoms with Crippen molar-refractivity contribution in [1.82, 2.24) is 34.9 Å². The van der Waals surface area contributed by atoms with Crippen molar-refractivity contribution in [3.63, 3.8) is 0 Å². The first-order valence-corrected chi connectivity index (χ1v) is 9.46. The number of carbonyl (C=O) groups excluding carboxylic acids is 1. The number of hydrogen-bond donors (Lipinski definition) is 3. The molecule has 0 bridgehead atoms. The van der Waals surface area contributed by atoms with Crippen LogP contribution in [0.1, 0.15) is 12.7 Å². The number of nitrogen functional groups attached to an aromatic ring is 1. The number of aromatic nitrogens is 5. The number of H-pyrrole nitrogens is 2. The molecular formula is C20H24N8O. The van der Waals surface area contributed by atoms with Crippen LogP contribution in [-0.2, 0) is 11.3 Å². The fourth-order valence-electron chi connectivity index (χ4n) is 3.40. The van der Waals surface area contributed by atoms with Gasteiger partial charge in [-0.15, -0.1) is 0 Å². The van der Waals surface area contributed by atoms with Crippen LogP contribution >= 0.6 is 0 Å². The lowest BCUT2D eigenvalue weighted by Crippen LogP contribution is -2.37. The van der Waals surface area contributed by atoms with Crippen molar-refractivity contribution in [2.45, 2.75) is 13.5 Å². The Hall–Kier alpha value is -3.46. The predicted octanol–water partition coefficient (Wildman–Crippen LogP) is 1.99. The molecule has 0 atom stereocenters. The third-order valence-electron chi connectivity index (χ3n) is 4.84. The molecule has 0 radical (unpaired) electrons. The Morgan fingerprint density at radius 3 is 2.72 bits per heavy atom. The molecule has 0 aliphatic heterocycles. The Balaban J connectivity index is 1.72. The maximum Gasteiger partial charge on any atom is 0.237 e. The summed E-state index contributed by atoms with van der Waals surface area (Å²) in [5.74, 6) is 1.13. The summed E-state index contributed by atoms with van der Waals surface area (Å²) in [6.07, 6.45) is 1.71. The fourth-order valence-corrected chi connectivity index (χ4v) is 3.40. The number of likely N-dealkylation sites (N-methyl/N-ethyl adjacent to an activating group) is 2. The van der Waals surface area contributed by atoms with Gasteiger partial charge in [-0.05, 0) is 39.2 Å². The zero-order valence-electron chi connectivity index (χ0n) is 16.7. The van der Waals surface area contributed by atoms with Crippen LogP contribution in [0.25, 0.3) is 33.2 Å². The summed E-state index contributed by atoms with van der Waals surface area (Å²) in [4.78, 5) is 28.6. The average molecular weight is 392 g/mol. The van der Waals surface area contributed by atoms with Gasteiger partial charge < -0.3 is 20.5 Å². The lowest BCUT2D eigenvalue weighted by Gasteiger charge is -2.21. The third kappa shape index (κ3) is 3.64. The molecule has 4 aromatic rings. The minimum Gasteiger partial charge on any atom is -0.382 e. The van der Waals surface area contributed by atoms with Crippen LogP contribution < -0.4 is 5.73 Å². The van der Waals surface area contributed by atoms with E-state index < -0.39 is 0 Å². The number of nitrogens with one attached hydrogen (secondary N) is 2. The molecule has 3 heterocycles. The summed E-state index contributed by atoms with van der Waals surface area (Å²) in [6.45, 7) is 3.31. The number of benzene rings is 1. The van der Waals surface area contributed by atoms with Gasteiger partial charge in [-0.3, -0.25) is 9.89 Å². The van der Waals surface area contributed by atoms with Crippen LogP contribution in [0.5, 0.6) is 0 Å². The van der Waals surface area contributed by atoms with E-state index in [-0.39, 0.29) is 5.91 Å². The zero-order valence-corrected chi connectivity index (χ0v) is 16.7. The molecule has 9 nitrogen and oxygen atoms in total. The summed E-state index contributed by atoms with van der Waals surface area (Å²) in [6, 6.07) is 7.85. The smallest absolute Gasteiger partial charge is 0.237 e. The first kappa shape index (κ1) is 18.9. The van der Waals surface area contributed by atoms with E-state index in [1.165, 1.54) is 0 Å². The van der Waals surface area contributed by atoms with E-state index in [1.807, 2.05) is 50.2 Å². The van der Waals surface area contributed by atoms with Gasteiger partial charge in [0.1, 0.15) is 22.7 Å². The van der Waals surface area contributed by atoms with Crippen molar-refractivity contribution in [3.8, 4) is 11.3 Å². The van der Waals surface area contributed by atoms with Gasteiger partial charge in [-0.1, -0.05) is 6.07 Å². The summed E-state index contributed by atoms with van der Waals surface area (Å²) >= 11 is 0. The number of anilines is 1. The van der Waals surface area contributed by atoms with E-state index in [9.17, 15) is 4.79 Å². The molecule has 3 aromatic heterocycles. The van der Waals surface area contributed by atoms with E-state index in [1.54, 1.807) is 11.1 Å². The van der Waals surface area contributed by atoms with Crippen molar-refractivity contribution < 1.29 is 4.79 Å². The molecule has 29 heavy (non-hydrogen) atoms. The van der Waals surface area contributed by atoms with Crippen LogP contribution in [0.3, 0.4) is 0 Å². The summed E-state index contributed by atoms with van der Waals surface area (Å²) < 4.78 is 0. The topological polar surface area (TPSA) is 120 Å². The average Bonchev–Trinajstić information content (AvgIpc) is 3.35. The van der Waals surface area contributed by atoms with Crippen LogP contribution in [0.4, 0.5) is 5.82 Å². The highest BCUT2D eigenvalue weighted by atomic mass is 16.2. The lowest BCUT2D eigenvalue weighted by molar-refractivity contribution is -0.132. The number of pyridine rings is 1. The maximum atomic E-state index is 12.4. The molecule has 150 valence electrons. The van der Waals surface area contributed by atoms with E-state index in [2.05, 4.69) is 20.2 Å². The molecule has 0 spiro atoms. The molecule has 0 aliphatic rings. The standard InChI is InChI=1S/C20H24N8O/c1-4-28(17(29)11-27(2)3)10-16-24-18-13-6-5-12(14-7-8-22-26-14)9-15(13)23-20(21)19(18)25-16/h5-9H,4,10-11H2,1-3H3,(H2,21,23)(H,22,26)(H,24,25). The van der Waals surface area contributed by atoms with Crippen LogP contribution in [0.2, 0.25) is 0 Å².